The number of thioether (sulfide) groups is 1. The van der Waals surface area contributed by atoms with Crippen LogP contribution in [0.25, 0.3) is 0 Å². The first-order valence-corrected chi connectivity index (χ1v) is 5.49. The molecule has 0 saturated carbocycles. The number of amides is 1. The molecule has 0 aromatic heterocycles. The van der Waals surface area contributed by atoms with Gasteiger partial charge in [-0.25, -0.2) is 0 Å². The maximum atomic E-state index is 11.4. The van der Waals surface area contributed by atoms with Crippen LogP contribution < -0.4 is 5.73 Å². The van der Waals surface area contributed by atoms with E-state index < -0.39 is 0 Å². The van der Waals surface area contributed by atoms with Gasteiger partial charge in [0.05, 0.1) is 6.04 Å². The highest BCUT2D eigenvalue weighted by Crippen LogP contribution is 2.10. The molecular formula is C8H16N2OS. The van der Waals surface area contributed by atoms with Crippen molar-refractivity contribution in [3.05, 3.63) is 0 Å². The quantitative estimate of drug-likeness (QED) is 0.644. The predicted octanol–water partition coefficient (Wildman–Crippen LogP) is 0.299. The Kier molecular flexibility index (Phi) is 3.88. The highest BCUT2D eigenvalue weighted by atomic mass is 32.2. The summed E-state index contributed by atoms with van der Waals surface area (Å²) in [5.41, 5.74) is 5.52. The Hall–Kier alpha value is -0.220. The van der Waals surface area contributed by atoms with E-state index in [0.29, 0.717) is 0 Å². The molecule has 1 atom stereocenters. The first-order valence-electron chi connectivity index (χ1n) is 4.34. The van der Waals surface area contributed by atoms with Gasteiger partial charge in [-0.2, -0.15) is 11.8 Å². The summed E-state index contributed by atoms with van der Waals surface area (Å²) in [6.07, 6.45) is 1.10. The smallest absolute Gasteiger partial charge is 0.239 e. The minimum absolute atomic E-state index is 0.0949. The lowest BCUT2D eigenvalue weighted by Gasteiger charge is -2.21. The predicted molar refractivity (Wildman–Crippen MR) is 52.2 cm³/mol. The van der Waals surface area contributed by atoms with Crippen LogP contribution in [0.4, 0.5) is 0 Å². The molecule has 0 unspecified atom stereocenters. The van der Waals surface area contributed by atoms with Crippen LogP contribution in [-0.2, 0) is 4.79 Å². The fourth-order valence-electron chi connectivity index (χ4n) is 1.25. The van der Waals surface area contributed by atoms with Crippen LogP contribution in [0, 0.1) is 0 Å². The molecule has 1 rings (SSSR count). The van der Waals surface area contributed by atoms with E-state index in [1.165, 1.54) is 5.75 Å². The van der Waals surface area contributed by atoms with Gasteiger partial charge in [0.15, 0.2) is 0 Å². The average molecular weight is 188 g/mol. The second-order valence-corrected chi connectivity index (χ2v) is 4.30. The van der Waals surface area contributed by atoms with E-state index in [-0.39, 0.29) is 11.9 Å². The van der Waals surface area contributed by atoms with Gasteiger partial charge in [0.25, 0.3) is 0 Å². The lowest BCUT2D eigenvalue weighted by Crippen LogP contribution is -2.43. The van der Waals surface area contributed by atoms with Crippen LogP contribution in [0.5, 0.6) is 0 Å². The standard InChI is InChI=1S/C8H16N2OS/c1-7(9)8(11)10-3-2-5-12-6-4-10/h7H,2-6,9H2,1H3/t7-/m1/s1. The van der Waals surface area contributed by atoms with Crippen molar-refractivity contribution in [2.45, 2.75) is 19.4 Å². The van der Waals surface area contributed by atoms with Crippen molar-refractivity contribution < 1.29 is 4.79 Å². The monoisotopic (exact) mass is 188 g/mol. The van der Waals surface area contributed by atoms with E-state index in [1.807, 2.05) is 16.7 Å². The number of nitrogens with zero attached hydrogens (tertiary/aromatic N) is 1. The normalized spacial score (nSPS) is 21.7. The van der Waals surface area contributed by atoms with Gasteiger partial charge in [0.2, 0.25) is 5.91 Å². The SMILES string of the molecule is C[C@@H](N)C(=O)N1CCCSCC1. The Labute approximate surface area is 77.7 Å². The summed E-state index contributed by atoms with van der Waals surface area (Å²) in [6.45, 7) is 3.50. The van der Waals surface area contributed by atoms with Gasteiger partial charge in [-0.05, 0) is 19.1 Å². The molecule has 1 fully saturated rings. The molecule has 0 radical (unpaired) electrons. The molecule has 0 aliphatic carbocycles. The van der Waals surface area contributed by atoms with Crippen LogP contribution in [0.2, 0.25) is 0 Å². The number of rotatable bonds is 1. The average Bonchev–Trinajstić information content (AvgIpc) is 2.30. The number of carbonyl (C=O) groups excluding carboxylic acids is 1. The van der Waals surface area contributed by atoms with E-state index in [2.05, 4.69) is 0 Å². The molecule has 3 nitrogen and oxygen atoms in total. The van der Waals surface area contributed by atoms with Crippen molar-refractivity contribution in [3.63, 3.8) is 0 Å². The van der Waals surface area contributed by atoms with Gasteiger partial charge < -0.3 is 10.6 Å². The van der Waals surface area contributed by atoms with Crippen molar-refractivity contribution in [2.24, 2.45) is 5.73 Å². The van der Waals surface area contributed by atoms with Crippen LogP contribution in [0.1, 0.15) is 13.3 Å². The minimum Gasteiger partial charge on any atom is -0.341 e. The summed E-state index contributed by atoms with van der Waals surface area (Å²) in [4.78, 5) is 13.3. The third-order valence-electron chi connectivity index (χ3n) is 1.92. The molecule has 12 heavy (non-hydrogen) atoms. The zero-order valence-corrected chi connectivity index (χ0v) is 8.27. The summed E-state index contributed by atoms with van der Waals surface area (Å²) in [5, 5.41) is 0. The van der Waals surface area contributed by atoms with E-state index in [4.69, 9.17) is 5.73 Å². The van der Waals surface area contributed by atoms with Crippen molar-refractivity contribution in [1.82, 2.24) is 4.90 Å². The van der Waals surface area contributed by atoms with Crippen molar-refractivity contribution in [2.75, 3.05) is 24.6 Å². The lowest BCUT2D eigenvalue weighted by atomic mass is 10.3. The molecule has 1 heterocycles. The van der Waals surface area contributed by atoms with Crippen LogP contribution >= 0.6 is 11.8 Å². The van der Waals surface area contributed by atoms with Crippen LogP contribution in [-0.4, -0.2) is 41.4 Å². The Balaban J connectivity index is 2.43. The van der Waals surface area contributed by atoms with Gasteiger partial charge in [0.1, 0.15) is 0 Å². The Bertz CT molecular complexity index is 153. The number of nitrogens with two attached hydrogens (primary N) is 1. The summed E-state index contributed by atoms with van der Waals surface area (Å²) < 4.78 is 0. The third kappa shape index (κ3) is 2.68. The molecule has 1 amide bonds. The van der Waals surface area contributed by atoms with E-state index in [1.54, 1.807) is 6.92 Å². The minimum atomic E-state index is -0.340. The fraction of sp³-hybridized carbons (Fsp3) is 0.875. The molecule has 0 spiro atoms. The lowest BCUT2D eigenvalue weighted by molar-refractivity contribution is -0.131. The second-order valence-electron chi connectivity index (χ2n) is 3.08. The highest BCUT2D eigenvalue weighted by molar-refractivity contribution is 7.99. The number of hydrogen-bond donors (Lipinski definition) is 1. The zero-order chi connectivity index (χ0) is 8.97. The van der Waals surface area contributed by atoms with E-state index >= 15 is 0 Å². The third-order valence-corrected chi connectivity index (χ3v) is 2.97. The molecule has 0 aromatic carbocycles. The molecular weight excluding hydrogens is 172 g/mol. The molecule has 1 aliphatic rings. The molecule has 70 valence electrons. The molecule has 2 N–H and O–H groups in total. The van der Waals surface area contributed by atoms with Gasteiger partial charge in [-0.15, -0.1) is 0 Å². The molecule has 0 aromatic rings. The first-order chi connectivity index (χ1) is 5.72. The Morgan fingerprint density at radius 2 is 2.25 bits per heavy atom. The van der Waals surface area contributed by atoms with Gasteiger partial charge in [-0.1, -0.05) is 0 Å². The number of carbonyl (C=O) groups is 1. The largest absolute Gasteiger partial charge is 0.341 e. The van der Waals surface area contributed by atoms with Crippen LogP contribution in [0.3, 0.4) is 0 Å². The summed E-state index contributed by atoms with van der Waals surface area (Å²) >= 11 is 1.91. The van der Waals surface area contributed by atoms with Gasteiger partial charge in [0, 0.05) is 18.8 Å². The Morgan fingerprint density at radius 1 is 1.50 bits per heavy atom. The maximum Gasteiger partial charge on any atom is 0.239 e. The zero-order valence-electron chi connectivity index (χ0n) is 7.45. The second kappa shape index (κ2) is 4.72. The summed E-state index contributed by atoms with van der Waals surface area (Å²) in [6, 6.07) is -0.340. The van der Waals surface area contributed by atoms with Gasteiger partial charge in [-0.3, -0.25) is 4.79 Å². The maximum absolute atomic E-state index is 11.4. The summed E-state index contributed by atoms with van der Waals surface area (Å²) in [5.74, 6) is 2.32. The fourth-order valence-corrected chi connectivity index (χ4v) is 2.14. The topological polar surface area (TPSA) is 46.3 Å². The highest BCUT2D eigenvalue weighted by Gasteiger charge is 2.18. The van der Waals surface area contributed by atoms with Crippen molar-refractivity contribution in [3.8, 4) is 0 Å². The summed E-state index contributed by atoms with van der Waals surface area (Å²) in [7, 11) is 0. The van der Waals surface area contributed by atoms with E-state index in [0.717, 1.165) is 25.3 Å². The van der Waals surface area contributed by atoms with Crippen molar-refractivity contribution in [1.29, 1.82) is 0 Å². The van der Waals surface area contributed by atoms with Crippen LogP contribution in [0.15, 0.2) is 0 Å². The first kappa shape index (κ1) is 9.86. The molecule has 4 heteroatoms. The van der Waals surface area contributed by atoms with Crippen molar-refractivity contribution >= 4 is 17.7 Å². The molecule has 0 bridgehead atoms. The van der Waals surface area contributed by atoms with Gasteiger partial charge >= 0.3 is 0 Å². The molecule has 1 saturated heterocycles. The number of hydrogen-bond acceptors (Lipinski definition) is 3. The Morgan fingerprint density at radius 3 is 2.92 bits per heavy atom. The molecule has 1 aliphatic heterocycles. The van der Waals surface area contributed by atoms with E-state index in [9.17, 15) is 4.79 Å².